The average molecular weight is 284 g/mol. The molecule has 0 spiro atoms. The zero-order valence-electron chi connectivity index (χ0n) is 11.6. The Labute approximate surface area is 122 Å². The van der Waals surface area contributed by atoms with Gasteiger partial charge in [0.25, 0.3) is 0 Å². The van der Waals surface area contributed by atoms with Crippen LogP contribution >= 0.6 is 0 Å². The molecule has 0 heterocycles. The van der Waals surface area contributed by atoms with Gasteiger partial charge in [-0.25, -0.2) is 4.79 Å². The molecule has 2 N–H and O–H groups in total. The normalized spacial score (nSPS) is 11.7. The molecule has 21 heavy (non-hydrogen) atoms. The third kappa shape index (κ3) is 3.23. The highest BCUT2D eigenvalue weighted by Gasteiger charge is 2.19. The van der Waals surface area contributed by atoms with Crippen molar-refractivity contribution in [3.63, 3.8) is 0 Å². The van der Waals surface area contributed by atoms with E-state index in [9.17, 15) is 15.0 Å². The molecular weight excluding hydrogens is 268 g/mol. The van der Waals surface area contributed by atoms with Gasteiger partial charge in [-0.2, -0.15) is 0 Å². The SMILES string of the molecule is C=CC(OC(=O)c1cc(C)c(O)cc1O)c1ccccc1. The fourth-order valence-corrected chi connectivity index (χ4v) is 1.92. The van der Waals surface area contributed by atoms with Crippen LogP contribution < -0.4 is 0 Å². The molecule has 0 amide bonds. The van der Waals surface area contributed by atoms with Crippen LogP contribution in [-0.2, 0) is 4.74 Å². The van der Waals surface area contributed by atoms with E-state index in [1.165, 1.54) is 12.1 Å². The second-order valence-corrected chi connectivity index (χ2v) is 4.63. The lowest BCUT2D eigenvalue weighted by Gasteiger charge is -2.15. The number of phenolic OH excluding ortho intramolecular Hbond substituents is 2. The molecule has 4 heteroatoms. The van der Waals surface area contributed by atoms with E-state index in [1.54, 1.807) is 6.92 Å². The maximum absolute atomic E-state index is 12.2. The van der Waals surface area contributed by atoms with E-state index in [4.69, 9.17) is 4.74 Å². The molecular formula is C17H16O4. The number of phenols is 2. The van der Waals surface area contributed by atoms with Gasteiger partial charge in [-0.05, 0) is 30.2 Å². The maximum Gasteiger partial charge on any atom is 0.342 e. The summed E-state index contributed by atoms with van der Waals surface area (Å²) < 4.78 is 5.35. The van der Waals surface area contributed by atoms with Gasteiger partial charge in [-0.3, -0.25) is 0 Å². The summed E-state index contributed by atoms with van der Waals surface area (Å²) >= 11 is 0. The lowest BCUT2D eigenvalue weighted by Crippen LogP contribution is -2.10. The van der Waals surface area contributed by atoms with Crippen molar-refractivity contribution in [2.75, 3.05) is 0 Å². The fourth-order valence-electron chi connectivity index (χ4n) is 1.92. The zero-order chi connectivity index (χ0) is 15.4. The Balaban J connectivity index is 2.25. The molecule has 0 aromatic heterocycles. The first-order valence-corrected chi connectivity index (χ1v) is 6.44. The summed E-state index contributed by atoms with van der Waals surface area (Å²) in [5.74, 6) is -1.07. The Hall–Kier alpha value is -2.75. The Morgan fingerprint density at radius 2 is 1.86 bits per heavy atom. The maximum atomic E-state index is 12.2. The van der Waals surface area contributed by atoms with Gasteiger partial charge in [0.1, 0.15) is 23.2 Å². The highest BCUT2D eigenvalue weighted by molar-refractivity contribution is 5.93. The molecule has 4 nitrogen and oxygen atoms in total. The van der Waals surface area contributed by atoms with Gasteiger partial charge in [-0.1, -0.05) is 36.9 Å². The Morgan fingerprint density at radius 3 is 2.48 bits per heavy atom. The van der Waals surface area contributed by atoms with Crippen molar-refractivity contribution < 1.29 is 19.7 Å². The topological polar surface area (TPSA) is 66.8 Å². The van der Waals surface area contributed by atoms with Crippen molar-refractivity contribution in [2.45, 2.75) is 13.0 Å². The van der Waals surface area contributed by atoms with E-state index in [1.807, 2.05) is 30.3 Å². The molecule has 0 aliphatic rings. The number of aryl methyl sites for hydroxylation is 1. The molecule has 1 atom stereocenters. The quantitative estimate of drug-likeness (QED) is 0.666. The minimum absolute atomic E-state index is 0.00748. The van der Waals surface area contributed by atoms with Crippen LogP contribution in [0.2, 0.25) is 0 Å². The molecule has 0 radical (unpaired) electrons. The van der Waals surface area contributed by atoms with E-state index < -0.39 is 12.1 Å². The average Bonchev–Trinajstić information content (AvgIpc) is 2.49. The molecule has 2 rings (SSSR count). The van der Waals surface area contributed by atoms with Crippen LogP contribution in [0.15, 0.2) is 55.1 Å². The van der Waals surface area contributed by atoms with Crippen molar-refractivity contribution in [2.24, 2.45) is 0 Å². The van der Waals surface area contributed by atoms with Crippen LogP contribution in [0.25, 0.3) is 0 Å². The third-order valence-corrected chi connectivity index (χ3v) is 3.11. The van der Waals surface area contributed by atoms with Crippen LogP contribution in [0.3, 0.4) is 0 Å². The standard InChI is InChI=1S/C17H16O4/c1-3-16(12-7-5-4-6-8-12)21-17(20)13-9-11(2)14(18)10-15(13)19/h3-10,16,18-19H,1H2,2H3. The first-order chi connectivity index (χ1) is 10.0. The van der Waals surface area contributed by atoms with Crippen LogP contribution in [0, 0.1) is 6.92 Å². The molecule has 0 saturated heterocycles. The summed E-state index contributed by atoms with van der Waals surface area (Å²) in [4.78, 5) is 12.2. The van der Waals surface area contributed by atoms with Gasteiger partial charge in [-0.15, -0.1) is 0 Å². The van der Waals surface area contributed by atoms with Gasteiger partial charge in [0.15, 0.2) is 0 Å². The number of esters is 1. The summed E-state index contributed by atoms with van der Waals surface area (Å²) in [5, 5.41) is 19.2. The van der Waals surface area contributed by atoms with Gasteiger partial charge in [0.2, 0.25) is 0 Å². The Bertz CT molecular complexity index is 662. The number of rotatable bonds is 4. The molecule has 0 fully saturated rings. The predicted molar refractivity (Wildman–Crippen MR) is 79.3 cm³/mol. The number of hydrogen-bond donors (Lipinski definition) is 2. The van der Waals surface area contributed by atoms with Crippen molar-refractivity contribution in [3.05, 3.63) is 71.8 Å². The highest BCUT2D eigenvalue weighted by atomic mass is 16.5. The number of hydrogen-bond acceptors (Lipinski definition) is 4. The van der Waals surface area contributed by atoms with E-state index in [-0.39, 0.29) is 17.1 Å². The summed E-state index contributed by atoms with van der Waals surface area (Å²) in [6.07, 6.45) is 0.907. The minimum atomic E-state index is -0.677. The van der Waals surface area contributed by atoms with Gasteiger partial charge < -0.3 is 14.9 Å². The van der Waals surface area contributed by atoms with E-state index >= 15 is 0 Å². The number of aromatic hydroxyl groups is 2. The second-order valence-electron chi connectivity index (χ2n) is 4.63. The second kappa shape index (κ2) is 6.13. The smallest absolute Gasteiger partial charge is 0.342 e. The largest absolute Gasteiger partial charge is 0.508 e. The number of carbonyl (C=O) groups excluding carboxylic acids is 1. The molecule has 108 valence electrons. The summed E-state index contributed by atoms with van der Waals surface area (Å²) in [6, 6.07) is 11.7. The third-order valence-electron chi connectivity index (χ3n) is 3.11. The van der Waals surface area contributed by atoms with Crippen LogP contribution in [0.5, 0.6) is 11.5 Å². The van der Waals surface area contributed by atoms with E-state index in [0.29, 0.717) is 5.56 Å². The molecule has 2 aromatic carbocycles. The minimum Gasteiger partial charge on any atom is -0.508 e. The molecule has 2 aromatic rings. The van der Waals surface area contributed by atoms with Crippen LogP contribution in [-0.4, -0.2) is 16.2 Å². The molecule has 0 saturated carbocycles. The van der Waals surface area contributed by atoms with E-state index in [2.05, 4.69) is 6.58 Å². The van der Waals surface area contributed by atoms with Crippen molar-refractivity contribution >= 4 is 5.97 Å². The van der Waals surface area contributed by atoms with Gasteiger partial charge >= 0.3 is 5.97 Å². The summed E-state index contributed by atoms with van der Waals surface area (Å²) in [5.41, 5.74) is 1.28. The monoisotopic (exact) mass is 284 g/mol. The van der Waals surface area contributed by atoms with Crippen molar-refractivity contribution in [1.82, 2.24) is 0 Å². The molecule has 0 aliphatic heterocycles. The molecule has 0 bridgehead atoms. The van der Waals surface area contributed by atoms with Gasteiger partial charge in [0, 0.05) is 6.07 Å². The number of carbonyl (C=O) groups is 1. The van der Waals surface area contributed by atoms with Crippen molar-refractivity contribution in [1.29, 1.82) is 0 Å². The number of ether oxygens (including phenoxy) is 1. The molecule has 0 aliphatic carbocycles. The molecule has 1 unspecified atom stereocenters. The fraction of sp³-hybridized carbons (Fsp3) is 0.118. The van der Waals surface area contributed by atoms with Crippen LogP contribution in [0.1, 0.15) is 27.6 Å². The predicted octanol–water partition coefficient (Wildman–Crippen LogP) is 3.49. The lowest BCUT2D eigenvalue weighted by molar-refractivity contribution is 0.0389. The first kappa shape index (κ1) is 14.7. The highest BCUT2D eigenvalue weighted by Crippen LogP contribution is 2.29. The Morgan fingerprint density at radius 1 is 1.19 bits per heavy atom. The summed E-state index contributed by atoms with van der Waals surface area (Å²) in [7, 11) is 0. The van der Waals surface area contributed by atoms with E-state index in [0.717, 1.165) is 11.6 Å². The zero-order valence-corrected chi connectivity index (χ0v) is 11.6. The van der Waals surface area contributed by atoms with Gasteiger partial charge in [0.05, 0.1) is 0 Å². The van der Waals surface area contributed by atoms with Crippen LogP contribution in [0.4, 0.5) is 0 Å². The Kier molecular flexibility index (Phi) is 4.28. The first-order valence-electron chi connectivity index (χ1n) is 6.44. The van der Waals surface area contributed by atoms with Crippen molar-refractivity contribution in [3.8, 4) is 11.5 Å². The lowest BCUT2D eigenvalue weighted by atomic mass is 10.1. The summed E-state index contributed by atoms with van der Waals surface area (Å²) in [6.45, 7) is 5.29. The number of benzene rings is 2.